The molecule has 1 aliphatic heterocycles. The van der Waals surface area contributed by atoms with Gasteiger partial charge in [-0.3, -0.25) is 4.79 Å². The van der Waals surface area contributed by atoms with E-state index in [9.17, 15) is 4.79 Å². The van der Waals surface area contributed by atoms with Crippen LogP contribution in [0.5, 0.6) is 5.75 Å². The smallest absolute Gasteiger partial charge is 0.227 e. The van der Waals surface area contributed by atoms with E-state index in [4.69, 9.17) is 4.74 Å². The number of fused-ring (bicyclic) bond motifs is 1. The Morgan fingerprint density at radius 1 is 1.36 bits per heavy atom. The Bertz CT molecular complexity index is 744. The number of rotatable bonds is 7. The van der Waals surface area contributed by atoms with Gasteiger partial charge in [0.25, 0.3) is 0 Å². The summed E-state index contributed by atoms with van der Waals surface area (Å²) in [5.41, 5.74) is 2.30. The van der Waals surface area contributed by atoms with E-state index >= 15 is 0 Å². The first-order valence-electron chi connectivity index (χ1n) is 9.06. The molecule has 0 bridgehead atoms. The van der Waals surface area contributed by atoms with Crippen LogP contribution < -0.4 is 4.74 Å². The zero-order valence-electron chi connectivity index (χ0n) is 15.8. The Kier molecular flexibility index (Phi) is 5.04. The van der Waals surface area contributed by atoms with Crippen LogP contribution in [0.25, 0.3) is 10.9 Å². The molecule has 0 unspecified atom stereocenters. The number of hydrogen-bond acceptors (Lipinski definition) is 3. The molecule has 1 aliphatic rings. The third-order valence-electron chi connectivity index (χ3n) is 5.05. The monoisotopic (exact) mass is 343 g/mol. The molecule has 1 fully saturated rings. The van der Waals surface area contributed by atoms with Gasteiger partial charge in [-0.15, -0.1) is 0 Å². The second kappa shape index (κ2) is 7.08. The molecule has 1 N–H and O–H groups in total. The second-order valence-corrected chi connectivity index (χ2v) is 7.72. The molecule has 2 heterocycles. The molecule has 1 aromatic carbocycles. The predicted molar refractivity (Wildman–Crippen MR) is 101 cm³/mol. The number of nitrogens with zero attached hydrogens (tertiary/aromatic N) is 2. The van der Waals surface area contributed by atoms with Crippen LogP contribution in [0.15, 0.2) is 24.4 Å². The molecule has 3 rings (SSSR count). The highest BCUT2D eigenvalue weighted by Gasteiger charge is 2.40. The lowest BCUT2D eigenvalue weighted by Crippen LogP contribution is -2.58. The van der Waals surface area contributed by atoms with Crippen LogP contribution in [0.1, 0.15) is 25.8 Å². The van der Waals surface area contributed by atoms with Crippen molar-refractivity contribution < 1.29 is 9.53 Å². The molecule has 5 heteroatoms. The number of aromatic amines is 1. The van der Waals surface area contributed by atoms with Crippen molar-refractivity contribution in [2.75, 3.05) is 40.3 Å². The summed E-state index contributed by atoms with van der Waals surface area (Å²) < 4.78 is 5.74. The van der Waals surface area contributed by atoms with Crippen LogP contribution in [-0.4, -0.2) is 61.0 Å². The lowest BCUT2D eigenvalue weighted by Gasteiger charge is -2.48. The minimum atomic E-state index is 0.203. The van der Waals surface area contributed by atoms with Crippen molar-refractivity contribution in [3.63, 3.8) is 0 Å². The van der Waals surface area contributed by atoms with Crippen molar-refractivity contribution in [1.82, 2.24) is 14.8 Å². The Balaban J connectivity index is 1.66. The number of likely N-dealkylation sites (tertiary alicyclic amines) is 1. The number of H-pyrrole nitrogens is 1. The topological polar surface area (TPSA) is 48.6 Å². The maximum atomic E-state index is 12.7. The first-order chi connectivity index (χ1) is 11.9. The molecule has 25 heavy (non-hydrogen) atoms. The van der Waals surface area contributed by atoms with Crippen LogP contribution in [0.4, 0.5) is 0 Å². The zero-order chi connectivity index (χ0) is 18.0. The molecule has 2 aromatic rings. The molecule has 0 saturated carbocycles. The Labute approximate surface area is 149 Å². The Hall–Kier alpha value is -2.01. The highest BCUT2D eigenvalue weighted by Crippen LogP contribution is 2.35. The molecule has 136 valence electrons. The maximum Gasteiger partial charge on any atom is 0.227 e. The number of carbonyl (C=O) groups excluding carboxylic acids is 1. The van der Waals surface area contributed by atoms with Crippen LogP contribution >= 0.6 is 0 Å². The SMILES string of the molecule is CCOc1cccc2[nH]cc(CC(=O)N3CC(C)(CCN(C)C)C3)c12. The highest BCUT2D eigenvalue weighted by atomic mass is 16.5. The van der Waals surface area contributed by atoms with E-state index < -0.39 is 0 Å². The summed E-state index contributed by atoms with van der Waals surface area (Å²) in [6.45, 7) is 7.66. The molecule has 0 radical (unpaired) electrons. The normalized spacial score (nSPS) is 16.3. The lowest BCUT2D eigenvalue weighted by atomic mass is 9.78. The molecular weight excluding hydrogens is 314 g/mol. The first-order valence-corrected chi connectivity index (χ1v) is 9.06. The van der Waals surface area contributed by atoms with E-state index in [-0.39, 0.29) is 11.3 Å². The number of aromatic nitrogens is 1. The Morgan fingerprint density at radius 3 is 2.80 bits per heavy atom. The molecule has 0 atom stereocenters. The molecule has 0 aliphatic carbocycles. The van der Waals surface area contributed by atoms with Gasteiger partial charge in [0, 0.05) is 35.6 Å². The summed E-state index contributed by atoms with van der Waals surface area (Å²) in [5, 5.41) is 1.04. The van der Waals surface area contributed by atoms with Crippen molar-refractivity contribution in [2.24, 2.45) is 5.41 Å². The third kappa shape index (κ3) is 3.82. The van der Waals surface area contributed by atoms with Crippen LogP contribution in [0, 0.1) is 5.41 Å². The molecule has 1 saturated heterocycles. The predicted octanol–water partition coefficient (Wildman–Crippen LogP) is 2.91. The van der Waals surface area contributed by atoms with E-state index in [0.717, 1.165) is 48.3 Å². The van der Waals surface area contributed by atoms with E-state index in [1.165, 1.54) is 0 Å². The van der Waals surface area contributed by atoms with Gasteiger partial charge in [-0.2, -0.15) is 0 Å². The lowest BCUT2D eigenvalue weighted by molar-refractivity contribution is -0.142. The Morgan fingerprint density at radius 2 is 2.12 bits per heavy atom. The summed E-state index contributed by atoms with van der Waals surface area (Å²) in [6.07, 6.45) is 3.50. The summed E-state index contributed by atoms with van der Waals surface area (Å²) in [4.78, 5) is 20.1. The fourth-order valence-corrected chi connectivity index (χ4v) is 3.61. The van der Waals surface area contributed by atoms with E-state index in [1.54, 1.807) is 0 Å². The fourth-order valence-electron chi connectivity index (χ4n) is 3.61. The van der Waals surface area contributed by atoms with Gasteiger partial charge in [0.05, 0.1) is 13.0 Å². The van der Waals surface area contributed by atoms with Gasteiger partial charge in [-0.05, 0) is 51.7 Å². The van der Waals surface area contributed by atoms with E-state index in [0.29, 0.717) is 13.0 Å². The number of hydrogen-bond donors (Lipinski definition) is 1. The second-order valence-electron chi connectivity index (χ2n) is 7.72. The largest absolute Gasteiger partial charge is 0.493 e. The van der Waals surface area contributed by atoms with Crippen molar-refractivity contribution in [2.45, 2.75) is 26.7 Å². The zero-order valence-corrected chi connectivity index (χ0v) is 15.8. The molecule has 1 amide bonds. The summed E-state index contributed by atoms with van der Waals surface area (Å²) in [5.74, 6) is 1.05. The maximum absolute atomic E-state index is 12.7. The minimum absolute atomic E-state index is 0.203. The van der Waals surface area contributed by atoms with Gasteiger partial charge < -0.3 is 19.5 Å². The van der Waals surface area contributed by atoms with Gasteiger partial charge in [0.15, 0.2) is 0 Å². The fraction of sp³-hybridized carbons (Fsp3) is 0.550. The molecular formula is C20H29N3O2. The standard InChI is InChI=1S/C20H29N3O2/c1-5-25-17-8-6-7-16-19(17)15(12-21-16)11-18(24)23-13-20(2,14-23)9-10-22(3)4/h6-8,12,21H,5,9-11,13-14H2,1-4H3. The number of carbonyl (C=O) groups is 1. The molecule has 1 aromatic heterocycles. The van der Waals surface area contributed by atoms with Gasteiger partial charge in [-0.1, -0.05) is 13.0 Å². The average molecular weight is 343 g/mol. The summed E-state index contributed by atoms with van der Waals surface area (Å²) >= 11 is 0. The van der Waals surface area contributed by atoms with Crippen molar-refractivity contribution in [3.05, 3.63) is 30.0 Å². The number of ether oxygens (including phenoxy) is 1. The highest BCUT2D eigenvalue weighted by molar-refractivity contribution is 5.93. The van der Waals surface area contributed by atoms with E-state index in [2.05, 4.69) is 30.9 Å². The summed E-state index contributed by atoms with van der Waals surface area (Å²) in [7, 11) is 4.19. The van der Waals surface area contributed by atoms with Crippen molar-refractivity contribution >= 4 is 16.8 Å². The van der Waals surface area contributed by atoms with Crippen LogP contribution in [-0.2, 0) is 11.2 Å². The molecule has 0 spiro atoms. The van der Waals surface area contributed by atoms with Crippen molar-refractivity contribution in [1.29, 1.82) is 0 Å². The third-order valence-corrected chi connectivity index (χ3v) is 5.05. The molecule has 5 nitrogen and oxygen atoms in total. The van der Waals surface area contributed by atoms with Crippen LogP contribution in [0.2, 0.25) is 0 Å². The van der Waals surface area contributed by atoms with E-state index in [1.807, 2.05) is 36.2 Å². The number of nitrogens with one attached hydrogen (secondary N) is 1. The van der Waals surface area contributed by atoms with Crippen molar-refractivity contribution in [3.8, 4) is 5.75 Å². The minimum Gasteiger partial charge on any atom is -0.493 e. The van der Waals surface area contributed by atoms with Gasteiger partial charge in [-0.25, -0.2) is 0 Å². The average Bonchev–Trinajstić information content (AvgIpc) is 2.94. The van der Waals surface area contributed by atoms with Gasteiger partial charge >= 0.3 is 0 Å². The van der Waals surface area contributed by atoms with Gasteiger partial charge in [0.1, 0.15) is 5.75 Å². The summed E-state index contributed by atoms with van der Waals surface area (Å²) in [6, 6.07) is 5.96. The first kappa shape index (κ1) is 17.8. The van der Waals surface area contributed by atoms with Crippen LogP contribution in [0.3, 0.4) is 0 Å². The van der Waals surface area contributed by atoms with Gasteiger partial charge in [0.2, 0.25) is 5.91 Å². The number of amides is 1. The number of benzene rings is 1. The quantitative estimate of drug-likeness (QED) is 0.841.